The summed E-state index contributed by atoms with van der Waals surface area (Å²) in [6.07, 6.45) is 6.21. The van der Waals surface area contributed by atoms with Crippen molar-refractivity contribution in [3.63, 3.8) is 0 Å². The highest BCUT2D eigenvalue weighted by Crippen LogP contribution is 2.28. The van der Waals surface area contributed by atoms with Gasteiger partial charge in [-0.25, -0.2) is 0 Å². The molecule has 5 heteroatoms. The van der Waals surface area contributed by atoms with E-state index in [9.17, 15) is 0 Å². The Kier molecular flexibility index (Phi) is 9.41. The molecule has 0 spiro atoms. The predicted molar refractivity (Wildman–Crippen MR) is 103 cm³/mol. The molecule has 1 aromatic rings. The molecule has 0 amide bonds. The van der Waals surface area contributed by atoms with E-state index in [0.29, 0.717) is 6.61 Å². The van der Waals surface area contributed by atoms with Crippen LogP contribution >= 0.6 is 0 Å². The highest BCUT2D eigenvalue weighted by atomic mass is 16.5. The van der Waals surface area contributed by atoms with E-state index in [0.717, 1.165) is 75.8 Å². The van der Waals surface area contributed by atoms with E-state index in [1.165, 1.54) is 0 Å². The number of benzene rings is 1. The minimum atomic E-state index is 0.713. The van der Waals surface area contributed by atoms with E-state index in [2.05, 4.69) is 16.3 Å². The summed E-state index contributed by atoms with van der Waals surface area (Å²) < 4.78 is 16.6. The molecule has 1 N–H and O–H groups in total. The molecule has 1 heterocycles. The molecular formula is C20H32N2O3. The van der Waals surface area contributed by atoms with Gasteiger partial charge in [-0.05, 0) is 44.0 Å². The van der Waals surface area contributed by atoms with Gasteiger partial charge in [0, 0.05) is 26.2 Å². The Balaban J connectivity index is 1.55. The molecule has 0 saturated carbocycles. The SMILES string of the molecule is C/C=C/c1ccc(OCCCCNCCN2CCOCC2)c(OC)c1. The van der Waals surface area contributed by atoms with E-state index >= 15 is 0 Å². The van der Waals surface area contributed by atoms with Crippen LogP contribution in [0.4, 0.5) is 0 Å². The molecule has 1 saturated heterocycles. The number of methoxy groups -OCH3 is 1. The van der Waals surface area contributed by atoms with Gasteiger partial charge in [-0.2, -0.15) is 0 Å². The lowest BCUT2D eigenvalue weighted by molar-refractivity contribution is 0.0384. The summed E-state index contributed by atoms with van der Waals surface area (Å²) in [7, 11) is 1.68. The first kappa shape index (κ1) is 19.8. The minimum Gasteiger partial charge on any atom is -0.493 e. The van der Waals surface area contributed by atoms with Crippen LogP contribution in [-0.4, -0.2) is 64.6 Å². The van der Waals surface area contributed by atoms with E-state index in [1.807, 2.05) is 31.2 Å². The van der Waals surface area contributed by atoms with Crippen molar-refractivity contribution < 1.29 is 14.2 Å². The molecule has 1 aliphatic heterocycles. The van der Waals surface area contributed by atoms with Crippen molar-refractivity contribution in [1.29, 1.82) is 0 Å². The maximum absolute atomic E-state index is 5.86. The van der Waals surface area contributed by atoms with Gasteiger partial charge in [0.2, 0.25) is 0 Å². The number of nitrogens with zero attached hydrogens (tertiary/aromatic N) is 1. The van der Waals surface area contributed by atoms with Crippen molar-refractivity contribution in [2.45, 2.75) is 19.8 Å². The maximum Gasteiger partial charge on any atom is 0.161 e. The lowest BCUT2D eigenvalue weighted by atomic mass is 10.2. The van der Waals surface area contributed by atoms with Crippen LogP contribution in [0.1, 0.15) is 25.3 Å². The highest BCUT2D eigenvalue weighted by Gasteiger charge is 2.08. The molecule has 5 nitrogen and oxygen atoms in total. The zero-order chi connectivity index (χ0) is 17.7. The molecule has 140 valence electrons. The second-order valence-corrected chi connectivity index (χ2v) is 6.17. The van der Waals surface area contributed by atoms with Gasteiger partial charge in [0.25, 0.3) is 0 Å². The van der Waals surface area contributed by atoms with E-state index in [-0.39, 0.29) is 0 Å². The van der Waals surface area contributed by atoms with Gasteiger partial charge >= 0.3 is 0 Å². The van der Waals surface area contributed by atoms with Crippen LogP contribution in [0.5, 0.6) is 11.5 Å². The summed E-state index contributed by atoms with van der Waals surface area (Å²) >= 11 is 0. The first-order chi connectivity index (χ1) is 12.3. The van der Waals surface area contributed by atoms with Crippen molar-refractivity contribution in [2.24, 2.45) is 0 Å². The molecular weight excluding hydrogens is 316 g/mol. The Labute approximate surface area is 151 Å². The fraction of sp³-hybridized carbons (Fsp3) is 0.600. The van der Waals surface area contributed by atoms with E-state index < -0.39 is 0 Å². The first-order valence-electron chi connectivity index (χ1n) is 9.28. The summed E-state index contributed by atoms with van der Waals surface area (Å²) in [6, 6.07) is 6.03. The monoisotopic (exact) mass is 348 g/mol. The molecule has 1 aromatic carbocycles. The predicted octanol–water partition coefficient (Wildman–Crippen LogP) is 2.81. The zero-order valence-corrected chi connectivity index (χ0v) is 15.6. The average molecular weight is 348 g/mol. The average Bonchev–Trinajstić information content (AvgIpc) is 2.65. The molecule has 1 aliphatic rings. The largest absolute Gasteiger partial charge is 0.493 e. The van der Waals surface area contributed by atoms with Gasteiger partial charge in [-0.3, -0.25) is 4.90 Å². The van der Waals surface area contributed by atoms with E-state index in [1.54, 1.807) is 7.11 Å². The Hall–Kier alpha value is -1.56. The third-order valence-electron chi connectivity index (χ3n) is 4.26. The van der Waals surface area contributed by atoms with Crippen molar-refractivity contribution in [2.75, 3.05) is 59.7 Å². The molecule has 0 aliphatic carbocycles. The quantitative estimate of drug-likeness (QED) is 0.623. The topological polar surface area (TPSA) is 43.0 Å². The number of hydrogen-bond acceptors (Lipinski definition) is 5. The van der Waals surface area contributed by atoms with Crippen LogP contribution in [0.25, 0.3) is 6.08 Å². The third kappa shape index (κ3) is 7.46. The molecule has 0 atom stereocenters. The summed E-state index contributed by atoms with van der Waals surface area (Å²) in [4.78, 5) is 2.45. The van der Waals surface area contributed by atoms with Gasteiger partial charge in [0.1, 0.15) is 0 Å². The smallest absolute Gasteiger partial charge is 0.161 e. The van der Waals surface area contributed by atoms with Gasteiger partial charge in [0.15, 0.2) is 11.5 Å². The molecule has 0 radical (unpaired) electrons. The summed E-state index contributed by atoms with van der Waals surface area (Å²) in [5.41, 5.74) is 1.12. The number of allylic oxidation sites excluding steroid dienone is 1. The van der Waals surface area contributed by atoms with Crippen molar-refractivity contribution in [3.05, 3.63) is 29.8 Å². The zero-order valence-electron chi connectivity index (χ0n) is 15.6. The summed E-state index contributed by atoms with van der Waals surface area (Å²) in [6.45, 7) is 9.76. The Morgan fingerprint density at radius 2 is 2.00 bits per heavy atom. The molecule has 0 bridgehead atoms. The lowest BCUT2D eigenvalue weighted by Crippen LogP contribution is -2.40. The second kappa shape index (κ2) is 11.9. The van der Waals surface area contributed by atoms with Crippen LogP contribution in [-0.2, 0) is 4.74 Å². The minimum absolute atomic E-state index is 0.713. The number of hydrogen-bond donors (Lipinski definition) is 1. The van der Waals surface area contributed by atoms with Crippen molar-refractivity contribution >= 4 is 6.08 Å². The molecule has 25 heavy (non-hydrogen) atoms. The Morgan fingerprint density at radius 1 is 1.16 bits per heavy atom. The van der Waals surface area contributed by atoms with Crippen LogP contribution in [0.15, 0.2) is 24.3 Å². The van der Waals surface area contributed by atoms with Crippen LogP contribution < -0.4 is 14.8 Å². The van der Waals surface area contributed by atoms with Crippen LogP contribution in [0.2, 0.25) is 0 Å². The van der Waals surface area contributed by atoms with Gasteiger partial charge in [-0.15, -0.1) is 0 Å². The summed E-state index contributed by atoms with van der Waals surface area (Å²) in [5.74, 6) is 1.61. The number of rotatable bonds is 11. The second-order valence-electron chi connectivity index (χ2n) is 6.17. The maximum atomic E-state index is 5.86. The Morgan fingerprint density at radius 3 is 2.76 bits per heavy atom. The lowest BCUT2D eigenvalue weighted by Gasteiger charge is -2.26. The van der Waals surface area contributed by atoms with Gasteiger partial charge < -0.3 is 19.5 Å². The van der Waals surface area contributed by atoms with Gasteiger partial charge in [-0.1, -0.05) is 18.2 Å². The molecule has 1 fully saturated rings. The number of nitrogens with one attached hydrogen (secondary N) is 1. The van der Waals surface area contributed by atoms with Gasteiger partial charge in [0.05, 0.1) is 26.9 Å². The molecule has 0 aromatic heterocycles. The van der Waals surface area contributed by atoms with Crippen LogP contribution in [0.3, 0.4) is 0 Å². The Bertz CT molecular complexity index is 514. The standard InChI is InChI=1S/C20H32N2O3/c1-3-6-18-7-8-19(20(17-18)23-2)25-14-5-4-9-21-10-11-22-12-15-24-16-13-22/h3,6-8,17,21H,4-5,9-16H2,1-2H3/b6-3+. The first-order valence-corrected chi connectivity index (χ1v) is 9.28. The van der Waals surface area contributed by atoms with Crippen molar-refractivity contribution in [1.82, 2.24) is 10.2 Å². The van der Waals surface area contributed by atoms with Crippen LogP contribution in [0, 0.1) is 0 Å². The van der Waals surface area contributed by atoms with Crippen molar-refractivity contribution in [3.8, 4) is 11.5 Å². The highest BCUT2D eigenvalue weighted by molar-refractivity contribution is 5.55. The molecule has 2 rings (SSSR count). The fourth-order valence-electron chi connectivity index (χ4n) is 2.82. The van der Waals surface area contributed by atoms with E-state index in [4.69, 9.17) is 14.2 Å². The third-order valence-corrected chi connectivity index (χ3v) is 4.26. The summed E-state index contributed by atoms with van der Waals surface area (Å²) in [5, 5.41) is 3.51. The molecule has 0 unspecified atom stereocenters. The number of unbranched alkanes of at least 4 members (excludes halogenated alkanes) is 1. The normalized spacial score (nSPS) is 15.6. The number of morpholine rings is 1. The fourth-order valence-corrected chi connectivity index (χ4v) is 2.82. The number of ether oxygens (including phenoxy) is 3.